The number of hydrogen-bond acceptors (Lipinski definition) is 5. The van der Waals surface area contributed by atoms with E-state index in [1.165, 1.54) is 244 Å². The fourth-order valence-corrected chi connectivity index (χ4v) is 9.00. The van der Waals surface area contributed by atoms with E-state index in [1.807, 2.05) is 0 Å². The van der Waals surface area contributed by atoms with Gasteiger partial charge in [-0.05, 0) is 12.8 Å². The van der Waals surface area contributed by atoms with Gasteiger partial charge in [-0.25, -0.2) is 0 Å². The zero-order chi connectivity index (χ0) is 43.8. The Morgan fingerprint density at radius 1 is 0.350 bits per heavy atom. The van der Waals surface area contributed by atoms with Crippen molar-refractivity contribution in [2.45, 2.75) is 334 Å². The van der Waals surface area contributed by atoms with Crippen LogP contribution < -0.4 is 5.32 Å². The zero-order valence-electron chi connectivity index (χ0n) is 40.7. The SMILES string of the molecule is CCCCCCCCCCCCCCCCCCCCCCCCCCCCCCCCCCC(O)C(O)C(CO)NC(=O)C(O)CCCCCCCCCCCCCC. The Hall–Kier alpha value is -0.690. The molecular weight excluding hydrogens is 743 g/mol. The highest BCUT2D eigenvalue weighted by molar-refractivity contribution is 5.80. The van der Waals surface area contributed by atoms with Crippen molar-refractivity contribution >= 4 is 5.91 Å². The van der Waals surface area contributed by atoms with Crippen molar-refractivity contribution in [1.29, 1.82) is 0 Å². The van der Waals surface area contributed by atoms with Crippen molar-refractivity contribution in [1.82, 2.24) is 5.32 Å². The molecule has 0 aliphatic rings. The first-order valence-electron chi connectivity index (χ1n) is 27.4. The minimum Gasteiger partial charge on any atom is -0.394 e. The van der Waals surface area contributed by atoms with Crippen LogP contribution in [-0.2, 0) is 4.79 Å². The zero-order valence-corrected chi connectivity index (χ0v) is 40.7. The Bertz CT molecular complexity index is 826. The minimum absolute atomic E-state index is 0.375. The monoisotopic (exact) mass is 852 g/mol. The summed E-state index contributed by atoms with van der Waals surface area (Å²) in [5.74, 6) is -0.579. The standard InChI is InChI=1S/C54H109NO5/c1-3-5-7-9-11-13-15-17-18-19-20-21-22-23-24-25-26-27-28-29-30-31-32-33-34-35-36-38-39-41-43-45-47-51(57)53(59)50(49-56)55-54(60)52(58)48-46-44-42-40-37-16-14-12-10-8-6-4-2/h50-53,56-59H,3-49H2,1-2H3,(H,55,60). The highest BCUT2D eigenvalue weighted by Gasteiger charge is 2.28. The molecule has 0 aromatic carbocycles. The van der Waals surface area contributed by atoms with Gasteiger partial charge >= 0.3 is 0 Å². The van der Waals surface area contributed by atoms with Crippen LogP contribution in [0.3, 0.4) is 0 Å². The van der Waals surface area contributed by atoms with Gasteiger partial charge in [0.1, 0.15) is 12.2 Å². The van der Waals surface area contributed by atoms with E-state index >= 15 is 0 Å². The van der Waals surface area contributed by atoms with Crippen molar-refractivity contribution in [3.05, 3.63) is 0 Å². The summed E-state index contributed by atoms with van der Waals surface area (Å²) in [6.07, 6.45) is 56.1. The molecule has 0 bridgehead atoms. The van der Waals surface area contributed by atoms with E-state index in [-0.39, 0.29) is 0 Å². The van der Waals surface area contributed by atoms with Gasteiger partial charge in [-0.3, -0.25) is 4.79 Å². The maximum Gasteiger partial charge on any atom is 0.249 e. The number of rotatable bonds is 51. The number of nitrogens with one attached hydrogen (secondary N) is 1. The van der Waals surface area contributed by atoms with Crippen molar-refractivity contribution in [3.63, 3.8) is 0 Å². The molecule has 0 saturated carbocycles. The van der Waals surface area contributed by atoms with E-state index in [0.717, 1.165) is 38.5 Å². The van der Waals surface area contributed by atoms with E-state index in [2.05, 4.69) is 19.2 Å². The molecule has 0 saturated heterocycles. The summed E-state index contributed by atoms with van der Waals surface area (Å²) in [7, 11) is 0. The summed E-state index contributed by atoms with van der Waals surface area (Å²) in [4.78, 5) is 12.5. The molecule has 0 spiro atoms. The predicted molar refractivity (Wildman–Crippen MR) is 261 cm³/mol. The smallest absolute Gasteiger partial charge is 0.249 e. The first-order valence-corrected chi connectivity index (χ1v) is 27.4. The van der Waals surface area contributed by atoms with E-state index in [4.69, 9.17) is 0 Å². The lowest BCUT2D eigenvalue weighted by atomic mass is 9.99. The molecule has 0 aliphatic heterocycles. The third kappa shape index (κ3) is 42.6. The van der Waals surface area contributed by atoms with Crippen molar-refractivity contribution in [2.24, 2.45) is 0 Å². The fourth-order valence-electron chi connectivity index (χ4n) is 9.00. The molecule has 6 nitrogen and oxygen atoms in total. The second-order valence-electron chi connectivity index (χ2n) is 19.3. The van der Waals surface area contributed by atoms with Crippen LogP contribution in [0.4, 0.5) is 0 Å². The topological polar surface area (TPSA) is 110 Å². The quantitative estimate of drug-likeness (QED) is 0.0392. The molecule has 6 heteroatoms. The van der Waals surface area contributed by atoms with Crippen molar-refractivity contribution in [2.75, 3.05) is 6.61 Å². The van der Waals surface area contributed by atoms with Crippen LogP contribution in [0.1, 0.15) is 309 Å². The highest BCUT2D eigenvalue weighted by atomic mass is 16.3. The largest absolute Gasteiger partial charge is 0.394 e. The lowest BCUT2D eigenvalue weighted by Crippen LogP contribution is -2.53. The second kappa shape index (κ2) is 49.3. The first kappa shape index (κ1) is 59.3. The van der Waals surface area contributed by atoms with E-state index in [0.29, 0.717) is 12.8 Å². The van der Waals surface area contributed by atoms with Gasteiger partial charge in [0, 0.05) is 0 Å². The van der Waals surface area contributed by atoms with Crippen molar-refractivity contribution in [3.8, 4) is 0 Å². The molecular formula is C54H109NO5. The van der Waals surface area contributed by atoms with Gasteiger partial charge < -0.3 is 25.7 Å². The van der Waals surface area contributed by atoms with Gasteiger partial charge in [0.2, 0.25) is 5.91 Å². The number of carbonyl (C=O) groups is 1. The van der Waals surface area contributed by atoms with Gasteiger partial charge in [0.05, 0.1) is 18.8 Å². The van der Waals surface area contributed by atoms with Gasteiger partial charge in [-0.15, -0.1) is 0 Å². The number of amides is 1. The number of unbranched alkanes of at least 4 members (excludes halogenated alkanes) is 42. The molecule has 5 N–H and O–H groups in total. The number of hydrogen-bond donors (Lipinski definition) is 5. The Balaban J connectivity index is 3.50. The van der Waals surface area contributed by atoms with Crippen LogP contribution >= 0.6 is 0 Å². The molecule has 0 fully saturated rings. The highest BCUT2D eigenvalue weighted by Crippen LogP contribution is 2.19. The Morgan fingerprint density at radius 2 is 0.567 bits per heavy atom. The number of aliphatic hydroxyl groups excluding tert-OH is 4. The normalized spacial score (nSPS) is 13.8. The van der Waals surface area contributed by atoms with E-state index in [1.54, 1.807) is 0 Å². The van der Waals surface area contributed by atoms with Crippen molar-refractivity contribution < 1.29 is 25.2 Å². The van der Waals surface area contributed by atoms with Crippen LogP contribution in [0.2, 0.25) is 0 Å². The molecule has 0 aromatic heterocycles. The lowest BCUT2D eigenvalue weighted by molar-refractivity contribution is -0.132. The number of aliphatic hydroxyl groups is 4. The second-order valence-corrected chi connectivity index (χ2v) is 19.3. The van der Waals surface area contributed by atoms with Crippen LogP contribution in [0.5, 0.6) is 0 Å². The Morgan fingerprint density at radius 3 is 0.800 bits per heavy atom. The molecule has 4 unspecified atom stereocenters. The molecule has 4 atom stereocenters. The summed E-state index contributed by atoms with van der Waals surface area (Å²) < 4.78 is 0. The lowest BCUT2D eigenvalue weighted by Gasteiger charge is -2.27. The van der Waals surface area contributed by atoms with E-state index in [9.17, 15) is 25.2 Å². The third-order valence-electron chi connectivity index (χ3n) is 13.3. The fraction of sp³-hybridized carbons (Fsp3) is 0.981. The third-order valence-corrected chi connectivity index (χ3v) is 13.3. The first-order chi connectivity index (χ1) is 29.5. The van der Waals surface area contributed by atoms with Crippen LogP contribution in [0.25, 0.3) is 0 Å². The summed E-state index contributed by atoms with van der Waals surface area (Å²) in [5, 5.41) is 43.8. The summed E-state index contributed by atoms with van der Waals surface area (Å²) >= 11 is 0. The summed E-state index contributed by atoms with van der Waals surface area (Å²) in [6.45, 7) is 4.07. The minimum atomic E-state index is -1.25. The van der Waals surface area contributed by atoms with Gasteiger partial charge in [-0.2, -0.15) is 0 Å². The molecule has 0 rings (SSSR count). The maximum atomic E-state index is 12.5. The number of carbonyl (C=O) groups excluding carboxylic acids is 1. The molecule has 0 heterocycles. The molecule has 0 radical (unpaired) electrons. The molecule has 0 aliphatic carbocycles. The average Bonchev–Trinajstić information content (AvgIpc) is 3.25. The molecule has 60 heavy (non-hydrogen) atoms. The summed E-state index contributed by atoms with van der Waals surface area (Å²) in [6, 6.07) is -0.979. The molecule has 0 aromatic rings. The van der Waals surface area contributed by atoms with Gasteiger partial charge in [0.15, 0.2) is 0 Å². The van der Waals surface area contributed by atoms with E-state index < -0.39 is 36.9 Å². The predicted octanol–water partition coefficient (Wildman–Crippen LogP) is 15.5. The Labute approximate surface area is 375 Å². The molecule has 1 amide bonds. The molecule has 360 valence electrons. The summed E-state index contributed by atoms with van der Waals surface area (Å²) in [5.41, 5.74) is 0. The maximum absolute atomic E-state index is 12.5. The van der Waals surface area contributed by atoms with Gasteiger partial charge in [0.25, 0.3) is 0 Å². The van der Waals surface area contributed by atoms with Crippen LogP contribution in [0.15, 0.2) is 0 Å². The van der Waals surface area contributed by atoms with Gasteiger partial charge in [-0.1, -0.05) is 296 Å². The average molecular weight is 852 g/mol. The van der Waals surface area contributed by atoms with Crippen LogP contribution in [-0.4, -0.2) is 57.3 Å². The Kier molecular flexibility index (Phi) is 48.8. The van der Waals surface area contributed by atoms with Crippen LogP contribution in [0, 0.1) is 0 Å².